The predicted molar refractivity (Wildman–Crippen MR) is 94.6 cm³/mol. The van der Waals surface area contributed by atoms with Crippen molar-refractivity contribution in [1.29, 1.82) is 0 Å². The smallest absolute Gasteiger partial charge is 0.200 e. The van der Waals surface area contributed by atoms with Gasteiger partial charge in [0.1, 0.15) is 0 Å². The van der Waals surface area contributed by atoms with Crippen molar-refractivity contribution < 1.29 is 4.79 Å². The highest BCUT2D eigenvalue weighted by molar-refractivity contribution is 8.04. The molecule has 1 heterocycles. The first kappa shape index (κ1) is 14.9. The van der Waals surface area contributed by atoms with Crippen LogP contribution < -0.4 is 4.90 Å². The first-order valence-corrected chi connectivity index (χ1v) is 8.43. The number of ketones is 1. The normalized spacial score (nSPS) is 15.2. The minimum absolute atomic E-state index is 0.133. The summed E-state index contributed by atoms with van der Waals surface area (Å²) >= 11 is 1.56. The first-order chi connectivity index (χ1) is 10.7. The van der Waals surface area contributed by atoms with Crippen LogP contribution in [-0.2, 0) is 0 Å². The van der Waals surface area contributed by atoms with Gasteiger partial charge in [-0.25, -0.2) is 0 Å². The van der Waals surface area contributed by atoms with Gasteiger partial charge in [-0.3, -0.25) is 4.79 Å². The molecule has 1 aliphatic rings. The van der Waals surface area contributed by atoms with E-state index in [4.69, 9.17) is 0 Å². The Morgan fingerprint density at radius 1 is 1.00 bits per heavy atom. The number of carbonyl (C=O) groups excluding carboxylic acids is 1. The zero-order valence-electron chi connectivity index (χ0n) is 12.9. The van der Waals surface area contributed by atoms with Crippen LogP contribution in [-0.4, -0.2) is 18.9 Å². The first-order valence-electron chi connectivity index (χ1n) is 7.61. The maximum atomic E-state index is 12.4. The van der Waals surface area contributed by atoms with Crippen LogP contribution in [0.5, 0.6) is 0 Å². The number of nitrogens with zero attached hydrogens (tertiary/aromatic N) is 1. The molecule has 0 saturated carbocycles. The molecular weight excluding hydrogens is 290 g/mol. The number of rotatable bonds is 4. The van der Waals surface area contributed by atoms with Gasteiger partial charge in [0.25, 0.3) is 0 Å². The largest absolute Gasteiger partial charge is 0.372 e. The maximum Gasteiger partial charge on any atom is 0.200 e. The molecule has 2 aromatic carbocycles. The van der Waals surface area contributed by atoms with E-state index in [-0.39, 0.29) is 5.78 Å². The number of thioether (sulfide) groups is 1. The van der Waals surface area contributed by atoms with E-state index in [1.54, 1.807) is 11.8 Å². The van der Waals surface area contributed by atoms with Gasteiger partial charge in [0.05, 0.1) is 4.91 Å². The van der Waals surface area contributed by atoms with E-state index in [0.717, 1.165) is 34.0 Å². The van der Waals surface area contributed by atoms with Crippen molar-refractivity contribution in [2.24, 2.45) is 0 Å². The number of Topliss-reactive ketones (excluding diaryl/α,β-unsaturated/α-hetero) is 1. The van der Waals surface area contributed by atoms with Crippen LogP contribution in [0.2, 0.25) is 0 Å². The topological polar surface area (TPSA) is 20.3 Å². The van der Waals surface area contributed by atoms with Gasteiger partial charge < -0.3 is 4.90 Å². The van der Waals surface area contributed by atoms with Crippen molar-refractivity contribution in [3.63, 3.8) is 0 Å². The summed E-state index contributed by atoms with van der Waals surface area (Å²) in [5.74, 6) is 0.133. The lowest BCUT2D eigenvalue weighted by atomic mass is 10.1. The van der Waals surface area contributed by atoms with E-state index >= 15 is 0 Å². The molecule has 0 aromatic heterocycles. The number of anilines is 1. The summed E-state index contributed by atoms with van der Waals surface area (Å²) in [7, 11) is 0. The monoisotopic (exact) mass is 309 g/mol. The molecule has 22 heavy (non-hydrogen) atoms. The Kier molecular flexibility index (Phi) is 4.34. The molecule has 0 fully saturated rings. The van der Waals surface area contributed by atoms with Crippen molar-refractivity contribution in [1.82, 2.24) is 0 Å². The number of benzene rings is 2. The standard InChI is InChI=1S/C19H19NOS/c1-3-20(4-2)15-11-9-14(10-12-15)13-18-19(21)16-7-5-6-8-17(16)22-18/h5-13H,3-4H2,1-2H3/b18-13+. The van der Waals surface area contributed by atoms with Crippen molar-refractivity contribution in [3.05, 3.63) is 64.6 Å². The van der Waals surface area contributed by atoms with Crippen LogP contribution in [0.25, 0.3) is 6.08 Å². The molecular formula is C19H19NOS. The maximum absolute atomic E-state index is 12.4. The van der Waals surface area contributed by atoms with Crippen molar-refractivity contribution >= 4 is 29.3 Å². The molecule has 0 atom stereocenters. The van der Waals surface area contributed by atoms with Gasteiger partial charge in [-0.2, -0.15) is 0 Å². The van der Waals surface area contributed by atoms with Gasteiger partial charge in [0.2, 0.25) is 5.78 Å². The van der Waals surface area contributed by atoms with Gasteiger partial charge in [-0.15, -0.1) is 0 Å². The van der Waals surface area contributed by atoms with Crippen molar-refractivity contribution in [3.8, 4) is 0 Å². The van der Waals surface area contributed by atoms with E-state index in [1.165, 1.54) is 5.69 Å². The van der Waals surface area contributed by atoms with E-state index in [1.807, 2.05) is 30.3 Å². The van der Waals surface area contributed by atoms with Gasteiger partial charge in [-0.05, 0) is 49.8 Å². The molecule has 2 nitrogen and oxygen atoms in total. The molecule has 0 spiro atoms. The van der Waals surface area contributed by atoms with E-state index in [9.17, 15) is 4.79 Å². The van der Waals surface area contributed by atoms with Gasteiger partial charge >= 0.3 is 0 Å². The minimum Gasteiger partial charge on any atom is -0.372 e. The Bertz CT molecular complexity index is 714. The SMILES string of the molecule is CCN(CC)c1ccc(/C=C2/Sc3ccccc3C2=O)cc1. The van der Waals surface area contributed by atoms with Crippen molar-refractivity contribution in [2.75, 3.05) is 18.0 Å². The van der Waals surface area contributed by atoms with Crippen LogP contribution in [0, 0.1) is 0 Å². The van der Waals surface area contributed by atoms with E-state index in [0.29, 0.717) is 0 Å². The molecule has 0 radical (unpaired) electrons. The van der Waals surface area contributed by atoms with Gasteiger partial charge in [-0.1, -0.05) is 36.0 Å². The average Bonchev–Trinajstić information content (AvgIpc) is 2.87. The summed E-state index contributed by atoms with van der Waals surface area (Å²) in [5, 5.41) is 0. The van der Waals surface area contributed by atoms with Gasteiger partial charge in [0, 0.05) is 29.2 Å². The number of allylic oxidation sites excluding steroid dienone is 1. The predicted octanol–water partition coefficient (Wildman–Crippen LogP) is 4.86. The van der Waals surface area contributed by atoms with Crippen LogP contribution in [0.15, 0.2) is 58.3 Å². The molecule has 0 saturated heterocycles. The van der Waals surface area contributed by atoms with Crippen LogP contribution >= 0.6 is 11.8 Å². The molecule has 0 unspecified atom stereocenters. The molecule has 3 rings (SSSR count). The van der Waals surface area contributed by atoms with Crippen LogP contribution in [0.1, 0.15) is 29.8 Å². The quantitative estimate of drug-likeness (QED) is 0.752. The summed E-state index contributed by atoms with van der Waals surface area (Å²) in [6.45, 7) is 6.32. The fourth-order valence-electron chi connectivity index (χ4n) is 2.66. The molecule has 0 bridgehead atoms. The highest BCUT2D eigenvalue weighted by atomic mass is 32.2. The molecule has 0 aliphatic carbocycles. The Balaban J connectivity index is 1.84. The van der Waals surface area contributed by atoms with E-state index in [2.05, 4.69) is 43.0 Å². The highest BCUT2D eigenvalue weighted by Gasteiger charge is 2.24. The fourth-order valence-corrected chi connectivity index (χ4v) is 3.71. The molecule has 0 N–H and O–H groups in total. The Labute approximate surface area is 135 Å². The lowest BCUT2D eigenvalue weighted by molar-refractivity contribution is 0.104. The lowest BCUT2D eigenvalue weighted by Gasteiger charge is -2.20. The molecule has 112 valence electrons. The summed E-state index contributed by atoms with van der Waals surface area (Å²) in [6, 6.07) is 16.2. The lowest BCUT2D eigenvalue weighted by Crippen LogP contribution is -2.21. The average molecular weight is 309 g/mol. The zero-order valence-corrected chi connectivity index (χ0v) is 13.7. The Hall–Kier alpha value is -2.00. The number of fused-ring (bicyclic) bond motifs is 1. The molecule has 0 amide bonds. The summed E-state index contributed by atoms with van der Waals surface area (Å²) < 4.78 is 0. The van der Waals surface area contributed by atoms with E-state index < -0.39 is 0 Å². The second-order valence-corrected chi connectivity index (χ2v) is 6.28. The second-order valence-electron chi connectivity index (χ2n) is 5.20. The fraction of sp³-hybridized carbons (Fsp3) is 0.211. The molecule has 2 aromatic rings. The van der Waals surface area contributed by atoms with Crippen molar-refractivity contribution in [2.45, 2.75) is 18.7 Å². The summed E-state index contributed by atoms with van der Waals surface area (Å²) in [5.41, 5.74) is 3.11. The Morgan fingerprint density at radius 3 is 2.32 bits per heavy atom. The zero-order chi connectivity index (χ0) is 15.5. The number of hydrogen-bond donors (Lipinski definition) is 0. The highest BCUT2D eigenvalue weighted by Crippen LogP contribution is 2.40. The summed E-state index contributed by atoms with van der Waals surface area (Å²) in [6.07, 6.45) is 1.99. The third-order valence-corrected chi connectivity index (χ3v) is 4.99. The summed E-state index contributed by atoms with van der Waals surface area (Å²) in [4.78, 5) is 16.5. The number of carbonyl (C=O) groups is 1. The third-order valence-electron chi connectivity index (χ3n) is 3.89. The van der Waals surface area contributed by atoms with Crippen LogP contribution in [0.4, 0.5) is 5.69 Å². The molecule has 1 aliphatic heterocycles. The minimum atomic E-state index is 0.133. The van der Waals surface area contributed by atoms with Crippen LogP contribution in [0.3, 0.4) is 0 Å². The van der Waals surface area contributed by atoms with Gasteiger partial charge in [0.15, 0.2) is 0 Å². The Morgan fingerprint density at radius 2 is 1.68 bits per heavy atom. The third kappa shape index (κ3) is 2.81. The second kappa shape index (κ2) is 6.41. The number of hydrogen-bond acceptors (Lipinski definition) is 3. The molecule has 3 heteroatoms.